The van der Waals surface area contributed by atoms with Gasteiger partial charge in [0.2, 0.25) is 17.8 Å². The molecular weight excluding hydrogens is 386 g/mol. The van der Waals surface area contributed by atoms with E-state index in [1.54, 1.807) is 55.6 Å². The number of rotatable bonds is 5. The highest BCUT2D eigenvalue weighted by Gasteiger charge is 2.34. The van der Waals surface area contributed by atoms with E-state index in [0.29, 0.717) is 17.1 Å². The minimum absolute atomic E-state index is 0.0687. The van der Waals surface area contributed by atoms with Crippen molar-refractivity contribution in [3.63, 3.8) is 0 Å². The Morgan fingerprint density at radius 3 is 2.50 bits per heavy atom. The van der Waals surface area contributed by atoms with E-state index in [-0.39, 0.29) is 29.7 Å². The number of aromatic nitrogens is 2. The first-order valence-corrected chi connectivity index (χ1v) is 9.24. The number of hydrogen-bond acceptors (Lipinski definition) is 6. The Morgan fingerprint density at radius 1 is 1.07 bits per heavy atom. The lowest BCUT2D eigenvalue weighted by atomic mass is 9.92. The molecule has 0 fully saturated rings. The molecule has 30 heavy (non-hydrogen) atoms. The number of hydrogen-bond donors (Lipinski definition) is 4. The molecule has 9 nitrogen and oxygen atoms in total. The van der Waals surface area contributed by atoms with Crippen molar-refractivity contribution in [1.82, 2.24) is 9.97 Å². The van der Waals surface area contributed by atoms with Crippen molar-refractivity contribution in [3.05, 3.63) is 70.5 Å². The van der Waals surface area contributed by atoms with Crippen molar-refractivity contribution >= 4 is 35.0 Å². The maximum Gasteiger partial charge on any atom is 0.258 e. The van der Waals surface area contributed by atoms with Gasteiger partial charge in [0.15, 0.2) is 0 Å². The fourth-order valence-electron chi connectivity index (χ4n) is 3.22. The second kappa shape index (κ2) is 8.08. The summed E-state index contributed by atoms with van der Waals surface area (Å²) in [6.07, 6.45) is -0.137. The van der Waals surface area contributed by atoms with Gasteiger partial charge >= 0.3 is 0 Å². The van der Waals surface area contributed by atoms with Crippen LogP contribution in [-0.2, 0) is 9.59 Å². The zero-order valence-corrected chi connectivity index (χ0v) is 16.1. The van der Waals surface area contributed by atoms with Gasteiger partial charge in [-0.05, 0) is 36.4 Å². The number of H-pyrrole nitrogens is 1. The molecule has 152 valence electrons. The van der Waals surface area contributed by atoms with Crippen LogP contribution in [0.25, 0.3) is 0 Å². The Kier molecular flexibility index (Phi) is 5.17. The number of carbonyl (C=O) groups excluding carboxylic acids is 2. The molecule has 9 heteroatoms. The summed E-state index contributed by atoms with van der Waals surface area (Å²) in [6.45, 7) is 0. The third-order valence-electron chi connectivity index (χ3n) is 4.66. The van der Waals surface area contributed by atoms with E-state index in [2.05, 4.69) is 25.9 Å². The van der Waals surface area contributed by atoms with Crippen LogP contribution >= 0.6 is 0 Å². The summed E-state index contributed by atoms with van der Waals surface area (Å²) in [5.41, 5.74) is 0.879. The van der Waals surface area contributed by atoms with Crippen LogP contribution in [0.5, 0.6) is 5.75 Å². The molecule has 3 aromatic rings. The van der Waals surface area contributed by atoms with Crippen LogP contribution in [0, 0.1) is 0 Å². The molecule has 0 saturated heterocycles. The normalized spacial score (nSPS) is 15.0. The quantitative estimate of drug-likeness (QED) is 0.517. The van der Waals surface area contributed by atoms with E-state index in [9.17, 15) is 14.4 Å². The zero-order valence-electron chi connectivity index (χ0n) is 16.1. The number of methoxy groups -OCH3 is 1. The van der Waals surface area contributed by atoms with Crippen molar-refractivity contribution in [2.24, 2.45) is 0 Å². The standard InChI is InChI=1S/C21H19N5O4/c1-30-14-9-7-13(8-10-14)23-21-25-18-17(20(29)26-21)15(11-16(27)24-18)19(28)22-12-5-3-2-4-6-12/h2-10,15H,11H2,1H3,(H,22,28)(H3,23,24,25,26,27,29)/t15-/m0/s1. The van der Waals surface area contributed by atoms with Gasteiger partial charge in [0.05, 0.1) is 18.6 Å². The number of nitrogens with zero attached hydrogens (tertiary/aromatic N) is 1. The maximum atomic E-state index is 12.8. The topological polar surface area (TPSA) is 125 Å². The Bertz CT molecular complexity index is 1140. The van der Waals surface area contributed by atoms with Crippen LogP contribution in [0.1, 0.15) is 17.9 Å². The SMILES string of the molecule is COc1ccc(Nc2nc3c(c(=O)[nH]2)[C@@H](C(=O)Nc2ccccc2)CC(=O)N3)cc1. The van der Waals surface area contributed by atoms with Crippen molar-refractivity contribution < 1.29 is 14.3 Å². The number of anilines is 4. The monoisotopic (exact) mass is 405 g/mol. The summed E-state index contributed by atoms with van der Waals surface area (Å²) in [7, 11) is 1.57. The third kappa shape index (κ3) is 4.00. The van der Waals surface area contributed by atoms with Gasteiger partial charge in [0, 0.05) is 17.8 Å². The van der Waals surface area contributed by atoms with Crippen molar-refractivity contribution in [1.29, 1.82) is 0 Å². The molecule has 4 N–H and O–H groups in total. The fourth-order valence-corrected chi connectivity index (χ4v) is 3.22. The Balaban J connectivity index is 1.62. The van der Waals surface area contributed by atoms with Gasteiger partial charge in [-0.1, -0.05) is 18.2 Å². The molecule has 4 rings (SSSR count). The molecule has 0 aliphatic carbocycles. The van der Waals surface area contributed by atoms with E-state index in [4.69, 9.17) is 4.74 Å². The van der Waals surface area contributed by atoms with Crippen LogP contribution in [-0.4, -0.2) is 28.9 Å². The van der Waals surface area contributed by atoms with Crippen LogP contribution < -0.4 is 26.2 Å². The third-order valence-corrected chi connectivity index (χ3v) is 4.66. The zero-order chi connectivity index (χ0) is 21.1. The smallest absolute Gasteiger partial charge is 0.258 e. The molecule has 0 unspecified atom stereocenters. The molecule has 0 spiro atoms. The average Bonchev–Trinajstić information content (AvgIpc) is 2.74. The van der Waals surface area contributed by atoms with Crippen molar-refractivity contribution in [2.75, 3.05) is 23.1 Å². The summed E-state index contributed by atoms with van der Waals surface area (Å²) >= 11 is 0. The molecule has 2 amide bonds. The number of benzene rings is 2. The fraction of sp³-hybridized carbons (Fsp3) is 0.143. The molecule has 0 saturated carbocycles. The van der Waals surface area contributed by atoms with Crippen molar-refractivity contribution in [2.45, 2.75) is 12.3 Å². The maximum absolute atomic E-state index is 12.8. The highest BCUT2D eigenvalue weighted by atomic mass is 16.5. The van der Waals surface area contributed by atoms with E-state index >= 15 is 0 Å². The highest BCUT2D eigenvalue weighted by Crippen LogP contribution is 2.30. The van der Waals surface area contributed by atoms with Gasteiger partial charge in [-0.25, -0.2) is 0 Å². The number of amides is 2. The molecule has 0 radical (unpaired) electrons. The van der Waals surface area contributed by atoms with Crippen LogP contribution in [0.2, 0.25) is 0 Å². The number of carbonyl (C=O) groups is 2. The van der Waals surface area contributed by atoms with Gasteiger partial charge in [-0.2, -0.15) is 4.98 Å². The largest absolute Gasteiger partial charge is 0.497 e. The van der Waals surface area contributed by atoms with E-state index in [1.165, 1.54) is 0 Å². The Labute approximate surface area is 171 Å². The van der Waals surface area contributed by atoms with Gasteiger partial charge < -0.3 is 20.7 Å². The molecule has 2 heterocycles. The molecule has 1 aliphatic heterocycles. The van der Waals surface area contributed by atoms with E-state index < -0.39 is 17.4 Å². The Morgan fingerprint density at radius 2 is 1.80 bits per heavy atom. The number of para-hydroxylation sites is 1. The second-order valence-corrected chi connectivity index (χ2v) is 6.69. The minimum Gasteiger partial charge on any atom is -0.497 e. The number of aromatic amines is 1. The molecule has 0 bridgehead atoms. The van der Waals surface area contributed by atoms with E-state index in [1.807, 2.05) is 6.07 Å². The van der Waals surface area contributed by atoms with Gasteiger partial charge in [-0.3, -0.25) is 19.4 Å². The number of ether oxygens (including phenoxy) is 1. The minimum atomic E-state index is -0.944. The van der Waals surface area contributed by atoms with E-state index in [0.717, 1.165) is 0 Å². The number of fused-ring (bicyclic) bond motifs is 1. The lowest BCUT2D eigenvalue weighted by molar-refractivity contribution is -0.123. The molecule has 1 aliphatic rings. The summed E-state index contributed by atoms with van der Waals surface area (Å²) in [5.74, 6) is -0.871. The predicted molar refractivity (Wildman–Crippen MR) is 112 cm³/mol. The first-order chi connectivity index (χ1) is 14.5. The van der Waals surface area contributed by atoms with Gasteiger partial charge in [-0.15, -0.1) is 0 Å². The first-order valence-electron chi connectivity index (χ1n) is 9.24. The van der Waals surface area contributed by atoms with Crippen LogP contribution in [0.3, 0.4) is 0 Å². The summed E-state index contributed by atoms with van der Waals surface area (Å²) in [4.78, 5) is 44.6. The summed E-state index contributed by atoms with van der Waals surface area (Å²) in [6, 6.07) is 15.9. The lowest BCUT2D eigenvalue weighted by Crippen LogP contribution is -2.36. The van der Waals surface area contributed by atoms with Crippen LogP contribution in [0.4, 0.5) is 23.1 Å². The molecule has 1 atom stereocenters. The molecular formula is C21H19N5O4. The second-order valence-electron chi connectivity index (χ2n) is 6.69. The van der Waals surface area contributed by atoms with Crippen molar-refractivity contribution in [3.8, 4) is 5.75 Å². The van der Waals surface area contributed by atoms with Gasteiger partial charge in [0.25, 0.3) is 5.56 Å². The lowest BCUT2D eigenvalue weighted by Gasteiger charge is -2.23. The molecule has 2 aromatic carbocycles. The Hall–Kier alpha value is -4.14. The average molecular weight is 405 g/mol. The van der Waals surface area contributed by atoms with Crippen LogP contribution in [0.15, 0.2) is 59.4 Å². The summed E-state index contributed by atoms with van der Waals surface area (Å²) < 4.78 is 5.11. The van der Waals surface area contributed by atoms with Gasteiger partial charge in [0.1, 0.15) is 11.6 Å². The first kappa shape index (κ1) is 19.2. The number of nitrogens with one attached hydrogen (secondary N) is 4. The predicted octanol–water partition coefficient (Wildman–Crippen LogP) is 2.59. The summed E-state index contributed by atoms with van der Waals surface area (Å²) in [5, 5.41) is 8.29. The molecule has 1 aromatic heterocycles. The highest BCUT2D eigenvalue weighted by molar-refractivity contribution is 6.04.